The molecule has 1 aliphatic heterocycles. The minimum atomic E-state index is -0.422. The highest BCUT2D eigenvalue weighted by Crippen LogP contribution is 2.34. The molecule has 0 aliphatic carbocycles. The smallest absolute Gasteiger partial charge is 0.266 e. The summed E-state index contributed by atoms with van der Waals surface area (Å²) in [6.07, 6.45) is 0. The standard InChI is InChI=1S/C16H11ClN6O2/c1-2-22-20-14(19-21-22)13-11(7-8-12(17)18-13)23-15(24)9-5-3-4-6-10(9)16(23)25/h3-8H,2H2,1H3. The lowest BCUT2D eigenvalue weighted by Gasteiger charge is -2.16. The Kier molecular flexibility index (Phi) is 3.54. The van der Waals surface area contributed by atoms with Gasteiger partial charge in [-0.05, 0) is 36.4 Å². The highest BCUT2D eigenvalue weighted by atomic mass is 35.5. The Hall–Kier alpha value is -3.13. The number of aryl methyl sites for hydroxylation is 1. The predicted octanol–water partition coefficient (Wildman–Crippen LogP) is 2.21. The summed E-state index contributed by atoms with van der Waals surface area (Å²) in [5.74, 6) is -0.654. The van der Waals surface area contributed by atoms with E-state index in [1.807, 2.05) is 6.92 Å². The molecule has 0 bridgehead atoms. The third-order valence-corrected chi connectivity index (χ3v) is 4.03. The van der Waals surface area contributed by atoms with Crippen LogP contribution in [-0.4, -0.2) is 37.0 Å². The maximum absolute atomic E-state index is 12.7. The van der Waals surface area contributed by atoms with Gasteiger partial charge < -0.3 is 0 Å². The molecule has 2 amide bonds. The highest BCUT2D eigenvalue weighted by molar-refractivity contribution is 6.35. The molecule has 0 saturated carbocycles. The molecule has 0 atom stereocenters. The third kappa shape index (κ3) is 2.38. The van der Waals surface area contributed by atoms with Gasteiger partial charge in [-0.25, -0.2) is 9.88 Å². The molecule has 2 aromatic heterocycles. The second kappa shape index (κ2) is 5.75. The van der Waals surface area contributed by atoms with Crippen LogP contribution in [0.1, 0.15) is 27.6 Å². The van der Waals surface area contributed by atoms with E-state index in [1.165, 1.54) is 10.9 Å². The molecule has 9 heteroatoms. The van der Waals surface area contributed by atoms with Crippen molar-refractivity contribution in [2.45, 2.75) is 13.5 Å². The van der Waals surface area contributed by atoms with Crippen LogP contribution < -0.4 is 4.90 Å². The van der Waals surface area contributed by atoms with E-state index in [0.717, 1.165) is 4.90 Å². The molecule has 4 rings (SSSR count). The predicted molar refractivity (Wildman–Crippen MR) is 89.3 cm³/mol. The summed E-state index contributed by atoms with van der Waals surface area (Å²) in [5, 5.41) is 12.2. The molecule has 3 aromatic rings. The van der Waals surface area contributed by atoms with Crippen LogP contribution >= 0.6 is 11.6 Å². The van der Waals surface area contributed by atoms with Gasteiger partial charge in [0.1, 0.15) is 10.8 Å². The fourth-order valence-corrected chi connectivity index (χ4v) is 2.80. The maximum atomic E-state index is 12.7. The number of anilines is 1. The summed E-state index contributed by atoms with van der Waals surface area (Å²) < 4.78 is 0. The number of benzene rings is 1. The largest absolute Gasteiger partial charge is 0.268 e. The summed E-state index contributed by atoms with van der Waals surface area (Å²) >= 11 is 5.99. The Morgan fingerprint density at radius 3 is 2.32 bits per heavy atom. The number of halogens is 1. The first kappa shape index (κ1) is 15.4. The zero-order valence-corrected chi connectivity index (χ0v) is 13.8. The molecule has 0 N–H and O–H groups in total. The number of carbonyl (C=O) groups is 2. The lowest BCUT2D eigenvalue weighted by atomic mass is 10.1. The van der Waals surface area contributed by atoms with Crippen molar-refractivity contribution >= 4 is 29.1 Å². The fourth-order valence-electron chi connectivity index (χ4n) is 2.65. The van der Waals surface area contributed by atoms with Crippen molar-refractivity contribution in [3.8, 4) is 11.5 Å². The minimum Gasteiger partial charge on any atom is -0.268 e. The molecule has 8 nitrogen and oxygen atoms in total. The Bertz CT molecular complexity index is 980. The first-order valence-corrected chi connectivity index (χ1v) is 7.90. The minimum absolute atomic E-state index is 0.191. The maximum Gasteiger partial charge on any atom is 0.266 e. The number of pyridine rings is 1. The van der Waals surface area contributed by atoms with Gasteiger partial charge in [0, 0.05) is 0 Å². The van der Waals surface area contributed by atoms with E-state index in [-0.39, 0.29) is 22.4 Å². The van der Waals surface area contributed by atoms with E-state index in [1.54, 1.807) is 30.3 Å². The zero-order chi connectivity index (χ0) is 17.6. The number of hydrogen-bond acceptors (Lipinski definition) is 6. The second-order valence-corrected chi connectivity index (χ2v) is 5.68. The average molecular weight is 355 g/mol. The lowest BCUT2D eigenvalue weighted by molar-refractivity contribution is 0.0926. The molecule has 0 radical (unpaired) electrons. The van der Waals surface area contributed by atoms with Gasteiger partial charge in [-0.2, -0.15) is 4.80 Å². The Labute approximate surface area is 147 Å². The summed E-state index contributed by atoms with van der Waals surface area (Å²) in [4.78, 5) is 32.1. The molecule has 0 saturated heterocycles. The van der Waals surface area contributed by atoms with Crippen LogP contribution in [0.3, 0.4) is 0 Å². The van der Waals surface area contributed by atoms with E-state index in [9.17, 15) is 9.59 Å². The van der Waals surface area contributed by atoms with Crippen LogP contribution in [0.5, 0.6) is 0 Å². The van der Waals surface area contributed by atoms with Gasteiger partial charge in [0.2, 0.25) is 5.82 Å². The zero-order valence-electron chi connectivity index (χ0n) is 13.0. The van der Waals surface area contributed by atoms with Gasteiger partial charge in [0.05, 0.1) is 23.4 Å². The van der Waals surface area contributed by atoms with Crippen LogP contribution in [-0.2, 0) is 6.54 Å². The summed E-state index contributed by atoms with van der Waals surface area (Å²) in [5.41, 5.74) is 1.19. The van der Waals surface area contributed by atoms with Crippen molar-refractivity contribution in [3.05, 3.63) is 52.7 Å². The van der Waals surface area contributed by atoms with Crippen LogP contribution in [0.25, 0.3) is 11.5 Å². The number of nitrogens with zero attached hydrogens (tertiary/aromatic N) is 6. The topological polar surface area (TPSA) is 93.9 Å². The summed E-state index contributed by atoms with van der Waals surface area (Å²) in [6, 6.07) is 9.72. The first-order valence-electron chi connectivity index (χ1n) is 7.52. The molecule has 1 aliphatic rings. The lowest BCUT2D eigenvalue weighted by Crippen LogP contribution is -2.30. The van der Waals surface area contributed by atoms with Crippen molar-refractivity contribution in [1.82, 2.24) is 25.2 Å². The molecular formula is C16H11ClN6O2. The van der Waals surface area contributed by atoms with Crippen LogP contribution in [0.15, 0.2) is 36.4 Å². The molecule has 1 aromatic carbocycles. The van der Waals surface area contributed by atoms with Crippen molar-refractivity contribution in [1.29, 1.82) is 0 Å². The van der Waals surface area contributed by atoms with Gasteiger partial charge in [-0.1, -0.05) is 23.7 Å². The Morgan fingerprint density at radius 2 is 1.72 bits per heavy atom. The van der Waals surface area contributed by atoms with Crippen molar-refractivity contribution in [3.63, 3.8) is 0 Å². The van der Waals surface area contributed by atoms with Crippen molar-refractivity contribution in [2.24, 2.45) is 0 Å². The number of amides is 2. The normalized spacial score (nSPS) is 13.4. The number of aromatic nitrogens is 5. The number of fused-ring (bicyclic) bond motifs is 1. The first-order chi connectivity index (χ1) is 12.1. The number of hydrogen-bond donors (Lipinski definition) is 0. The van der Waals surface area contributed by atoms with Crippen molar-refractivity contribution < 1.29 is 9.59 Å². The van der Waals surface area contributed by atoms with Gasteiger partial charge in [-0.15, -0.1) is 10.2 Å². The fraction of sp³-hybridized carbons (Fsp3) is 0.125. The molecule has 0 unspecified atom stereocenters. The monoisotopic (exact) mass is 354 g/mol. The van der Waals surface area contributed by atoms with Gasteiger partial charge >= 0.3 is 0 Å². The molecule has 0 fully saturated rings. The average Bonchev–Trinajstić information content (AvgIpc) is 3.20. The molecular weight excluding hydrogens is 344 g/mol. The third-order valence-electron chi connectivity index (χ3n) is 3.82. The molecule has 124 valence electrons. The molecule has 25 heavy (non-hydrogen) atoms. The van der Waals surface area contributed by atoms with Gasteiger partial charge in [-0.3, -0.25) is 9.59 Å². The number of rotatable bonds is 3. The van der Waals surface area contributed by atoms with Gasteiger partial charge in [0.15, 0.2) is 0 Å². The van der Waals surface area contributed by atoms with Crippen LogP contribution in [0.4, 0.5) is 5.69 Å². The van der Waals surface area contributed by atoms with E-state index < -0.39 is 11.8 Å². The number of tetrazole rings is 1. The number of imide groups is 1. The van der Waals surface area contributed by atoms with Crippen molar-refractivity contribution in [2.75, 3.05) is 4.90 Å². The van der Waals surface area contributed by atoms with Gasteiger partial charge in [0.25, 0.3) is 11.8 Å². The van der Waals surface area contributed by atoms with E-state index in [4.69, 9.17) is 11.6 Å². The summed E-state index contributed by atoms with van der Waals surface area (Å²) in [7, 11) is 0. The second-order valence-electron chi connectivity index (χ2n) is 5.29. The quantitative estimate of drug-likeness (QED) is 0.528. The SMILES string of the molecule is CCn1nnc(-c2nc(Cl)ccc2N2C(=O)c3ccccc3C2=O)n1. The molecule has 3 heterocycles. The molecule has 0 spiro atoms. The summed E-state index contributed by atoms with van der Waals surface area (Å²) in [6.45, 7) is 2.39. The van der Waals surface area contributed by atoms with E-state index in [0.29, 0.717) is 17.7 Å². The van der Waals surface area contributed by atoms with E-state index >= 15 is 0 Å². The Morgan fingerprint density at radius 1 is 1.04 bits per heavy atom. The van der Waals surface area contributed by atoms with Crippen LogP contribution in [0, 0.1) is 0 Å². The van der Waals surface area contributed by atoms with E-state index in [2.05, 4.69) is 20.4 Å². The Balaban J connectivity index is 1.87. The highest BCUT2D eigenvalue weighted by Gasteiger charge is 2.38. The number of carbonyl (C=O) groups excluding carboxylic acids is 2. The van der Waals surface area contributed by atoms with Crippen LogP contribution in [0.2, 0.25) is 5.15 Å².